The standard InChI is InChI=1S/C19H17FN2O4/c1-12(19(25)26)21-18(24)16(11-13-7-9-15(20)10-8-13)22-17(23)14-5-3-2-4-6-14/h2-12H,1H3,(H,21,24)(H,22,23)(H,25,26)/b16-11+. The topological polar surface area (TPSA) is 95.5 Å². The third-order valence-electron chi connectivity index (χ3n) is 3.43. The van der Waals surface area contributed by atoms with Crippen LogP contribution in [0, 0.1) is 5.82 Å². The second-order valence-corrected chi connectivity index (χ2v) is 5.46. The highest BCUT2D eigenvalue weighted by molar-refractivity contribution is 6.06. The van der Waals surface area contributed by atoms with Gasteiger partial charge >= 0.3 is 5.97 Å². The summed E-state index contributed by atoms with van der Waals surface area (Å²) < 4.78 is 13.0. The number of benzene rings is 2. The van der Waals surface area contributed by atoms with E-state index in [1.807, 2.05) is 0 Å². The summed E-state index contributed by atoms with van der Waals surface area (Å²) in [4.78, 5) is 35.6. The van der Waals surface area contributed by atoms with Crippen LogP contribution in [0.2, 0.25) is 0 Å². The molecule has 134 valence electrons. The van der Waals surface area contributed by atoms with Gasteiger partial charge in [0.2, 0.25) is 0 Å². The van der Waals surface area contributed by atoms with Crippen LogP contribution in [0.25, 0.3) is 6.08 Å². The van der Waals surface area contributed by atoms with Crippen LogP contribution in [0.3, 0.4) is 0 Å². The second kappa shape index (κ2) is 8.57. The van der Waals surface area contributed by atoms with E-state index < -0.39 is 29.6 Å². The fourth-order valence-electron chi connectivity index (χ4n) is 2.00. The van der Waals surface area contributed by atoms with Gasteiger partial charge in [0.25, 0.3) is 11.8 Å². The number of carboxylic acid groups (broad SMARTS) is 1. The molecule has 2 aromatic carbocycles. The fourth-order valence-corrected chi connectivity index (χ4v) is 2.00. The van der Waals surface area contributed by atoms with Crippen molar-refractivity contribution in [2.45, 2.75) is 13.0 Å². The van der Waals surface area contributed by atoms with Crippen molar-refractivity contribution in [2.75, 3.05) is 0 Å². The molecule has 2 aromatic rings. The molecule has 2 rings (SSSR count). The van der Waals surface area contributed by atoms with Crippen molar-refractivity contribution >= 4 is 23.9 Å². The molecule has 0 aromatic heterocycles. The summed E-state index contributed by atoms with van der Waals surface area (Å²) in [5.41, 5.74) is 0.642. The van der Waals surface area contributed by atoms with Crippen LogP contribution in [0.5, 0.6) is 0 Å². The van der Waals surface area contributed by atoms with Gasteiger partial charge in [0, 0.05) is 5.56 Å². The number of rotatable bonds is 6. The minimum Gasteiger partial charge on any atom is -0.480 e. The first-order chi connectivity index (χ1) is 12.4. The lowest BCUT2D eigenvalue weighted by molar-refractivity contribution is -0.140. The molecule has 26 heavy (non-hydrogen) atoms. The molecule has 0 saturated heterocycles. The van der Waals surface area contributed by atoms with E-state index in [1.54, 1.807) is 30.3 Å². The number of halogens is 1. The number of nitrogens with one attached hydrogen (secondary N) is 2. The maximum absolute atomic E-state index is 13.0. The quantitative estimate of drug-likeness (QED) is 0.692. The first-order valence-corrected chi connectivity index (χ1v) is 7.74. The Balaban J connectivity index is 2.28. The summed E-state index contributed by atoms with van der Waals surface area (Å²) in [7, 11) is 0. The zero-order chi connectivity index (χ0) is 19.1. The zero-order valence-electron chi connectivity index (χ0n) is 13.9. The van der Waals surface area contributed by atoms with Crippen LogP contribution >= 0.6 is 0 Å². The van der Waals surface area contributed by atoms with Gasteiger partial charge in [0.05, 0.1) is 0 Å². The van der Waals surface area contributed by atoms with Gasteiger partial charge in [-0.25, -0.2) is 4.39 Å². The smallest absolute Gasteiger partial charge is 0.325 e. The molecule has 7 heteroatoms. The second-order valence-electron chi connectivity index (χ2n) is 5.46. The normalized spacial score (nSPS) is 12.2. The summed E-state index contributed by atoms with van der Waals surface area (Å²) in [5.74, 6) is -2.96. The van der Waals surface area contributed by atoms with Crippen molar-refractivity contribution in [3.05, 3.63) is 77.2 Å². The van der Waals surface area contributed by atoms with Crippen LogP contribution < -0.4 is 10.6 Å². The Hall–Kier alpha value is -3.48. The molecule has 0 saturated carbocycles. The number of amides is 2. The lowest BCUT2D eigenvalue weighted by atomic mass is 10.1. The Morgan fingerprint density at radius 3 is 2.23 bits per heavy atom. The Morgan fingerprint density at radius 2 is 1.65 bits per heavy atom. The summed E-state index contributed by atoms with van der Waals surface area (Å²) >= 11 is 0. The number of carboxylic acids is 1. The van der Waals surface area contributed by atoms with E-state index in [9.17, 15) is 18.8 Å². The molecule has 6 nitrogen and oxygen atoms in total. The number of carbonyl (C=O) groups excluding carboxylic acids is 2. The highest BCUT2D eigenvalue weighted by Crippen LogP contribution is 2.09. The molecule has 0 spiro atoms. The Kier molecular flexibility index (Phi) is 6.21. The Morgan fingerprint density at radius 1 is 1.04 bits per heavy atom. The van der Waals surface area contributed by atoms with E-state index in [1.165, 1.54) is 37.3 Å². The first-order valence-electron chi connectivity index (χ1n) is 7.74. The number of carbonyl (C=O) groups is 3. The third kappa shape index (κ3) is 5.27. The average molecular weight is 356 g/mol. The average Bonchev–Trinajstić information content (AvgIpc) is 2.63. The monoisotopic (exact) mass is 356 g/mol. The molecule has 0 fully saturated rings. The molecule has 0 aliphatic carbocycles. The molecule has 0 aliphatic rings. The van der Waals surface area contributed by atoms with Gasteiger partial charge in [-0.1, -0.05) is 30.3 Å². The lowest BCUT2D eigenvalue weighted by Crippen LogP contribution is -2.42. The van der Waals surface area contributed by atoms with Crippen LogP contribution in [-0.2, 0) is 9.59 Å². The van der Waals surface area contributed by atoms with Gasteiger partial charge in [-0.2, -0.15) is 0 Å². The van der Waals surface area contributed by atoms with Gasteiger partial charge in [0.15, 0.2) is 0 Å². The highest BCUT2D eigenvalue weighted by atomic mass is 19.1. The van der Waals surface area contributed by atoms with Crippen molar-refractivity contribution in [3.63, 3.8) is 0 Å². The minimum atomic E-state index is -1.21. The van der Waals surface area contributed by atoms with E-state index in [4.69, 9.17) is 5.11 Å². The predicted octanol–water partition coefficient (Wildman–Crippen LogP) is 2.19. The Bertz CT molecular complexity index is 832. The summed E-state index contributed by atoms with van der Waals surface area (Å²) in [6.45, 7) is 1.30. The lowest BCUT2D eigenvalue weighted by Gasteiger charge is -2.13. The van der Waals surface area contributed by atoms with Gasteiger partial charge < -0.3 is 15.7 Å². The van der Waals surface area contributed by atoms with Crippen LogP contribution in [-0.4, -0.2) is 28.9 Å². The molecule has 0 bridgehead atoms. The fraction of sp³-hybridized carbons (Fsp3) is 0.105. The van der Waals surface area contributed by atoms with Crippen LogP contribution in [0.15, 0.2) is 60.3 Å². The number of hydrogen-bond donors (Lipinski definition) is 3. The molecular weight excluding hydrogens is 339 g/mol. The number of hydrogen-bond acceptors (Lipinski definition) is 3. The van der Waals surface area contributed by atoms with Gasteiger partial charge in [-0.05, 0) is 42.8 Å². The third-order valence-corrected chi connectivity index (χ3v) is 3.43. The molecule has 0 aliphatic heterocycles. The highest BCUT2D eigenvalue weighted by Gasteiger charge is 2.19. The van der Waals surface area contributed by atoms with E-state index in [0.717, 1.165) is 0 Å². The summed E-state index contributed by atoms with van der Waals surface area (Å²) in [6, 6.07) is 12.4. The SMILES string of the molecule is CC(NC(=O)/C(=C\c1ccc(F)cc1)NC(=O)c1ccccc1)C(=O)O. The molecule has 3 N–H and O–H groups in total. The Labute approximate surface area is 149 Å². The van der Waals surface area contributed by atoms with Gasteiger partial charge in [0.1, 0.15) is 17.6 Å². The molecule has 2 amide bonds. The minimum absolute atomic E-state index is 0.154. The van der Waals surface area contributed by atoms with E-state index >= 15 is 0 Å². The molecule has 1 atom stereocenters. The first kappa shape index (κ1) is 18.9. The van der Waals surface area contributed by atoms with E-state index in [-0.39, 0.29) is 5.70 Å². The van der Waals surface area contributed by atoms with Crippen molar-refractivity contribution in [3.8, 4) is 0 Å². The predicted molar refractivity (Wildman–Crippen MR) is 93.5 cm³/mol. The van der Waals surface area contributed by atoms with Crippen molar-refractivity contribution in [1.29, 1.82) is 0 Å². The zero-order valence-corrected chi connectivity index (χ0v) is 13.9. The van der Waals surface area contributed by atoms with Crippen LogP contribution in [0.4, 0.5) is 4.39 Å². The molecular formula is C19H17FN2O4. The molecule has 0 radical (unpaired) electrons. The van der Waals surface area contributed by atoms with Crippen LogP contribution in [0.1, 0.15) is 22.8 Å². The van der Waals surface area contributed by atoms with E-state index in [2.05, 4.69) is 10.6 Å². The summed E-state index contributed by atoms with van der Waals surface area (Å²) in [6.07, 6.45) is 1.34. The number of aliphatic carboxylic acids is 1. The van der Waals surface area contributed by atoms with E-state index in [0.29, 0.717) is 11.1 Å². The van der Waals surface area contributed by atoms with Crippen molar-refractivity contribution in [2.24, 2.45) is 0 Å². The van der Waals surface area contributed by atoms with Crippen molar-refractivity contribution < 1.29 is 23.9 Å². The maximum Gasteiger partial charge on any atom is 0.325 e. The maximum atomic E-state index is 13.0. The summed E-state index contributed by atoms with van der Waals surface area (Å²) in [5, 5.41) is 13.7. The molecule has 0 heterocycles. The van der Waals surface area contributed by atoms with Gasteiger partial charge in [-0.15, -0.1) is 0 Å². The largest absolute Gasteiger partial charge is 0.480 e. The van der Waals surface area contributed by atoms with Gasteiger partial charge in [-0.3, -0.25) is 14.4 Å². The van der Waals surface area contributed by atoms with Crippen molar-refractivity contribution in [1.82, 2.24) is 10.6 Å². The molecule has 1 unspecified atom stereocenters.